The minimum Gasteiger partial charge on any atom is -0.488 e. The molecule has 4 aromatic rings. The van der Waals surface area contributed by atoms with Gasteiger partial charge in [-0.3, -0.25) is 10.1 Å². The molecule has 0 saturated heterocycles. The molecule has 2 aromatic heterocycles. The molecule has 4 rings (SSSR count). The normalized spacial score (nSPS) is 10.9. The zero-order chi connectivity index (χ0) is 22.7. The zero-order valence-electron chi connectivity index (χ0n) is 17.9. The van der Waals surface area contributed by atoms with Gasteiger partial charge in [0.1, 0.15) is 30.3 Å². The molecule has 0 spiro atoms. The molecule has 2 heterocycles. The van der Waals surface area contributed by atoms with Crippen molar-refractivity contribution in [3.63, 3.8) is 0 Å². The van der Waals surface area contributed by atoms with Gasteiger partial charge in [-0.25, -0.2) is 14.1 Å². The first-order valence-corrected chi connectivity index (χ1v) is 10.00. The topological polar surface area (TPSA) is 95.1 Å². The Morgan fingerprint density at radius 2 is 2.00 bits per heavy atom. The predicted octanol–water partition coefficient (Wildman–Crippen LogP) is 4.21. The van der Waals surface area contributed by atoms with E-state index in [2.05, 4.69) is 20.6 Å². The van der Waals surface area contributed by atoms with Crippen LogP contribution in [0.2, 0.25) is 0 Å². The van der Waals surface area contributed by atoms with Crippen molar-refractivity contribution < 1.29 is 18.4 Å². The van der Waals surface area contributed by atoms with Crippen molar-refractivity contribution in [1.82, 2.24) is 19.9 Å². The molecule has 0 aliphatic carbocycles. The number of rotatable bonds is 7. The highest BCUT2D eigenvalue weighted by molar-refractivity contribution is 6.02. The highest BCUT2D eigenvalue weighted by Crippen LogP contribution is 2.23. The number of hydrogen-bond donors (Lipinski definition) is 1. The summed E-state index contributed by atoms with van der Waals surface area (Å²) in [5.41, 5.74) is 3.16. The van der Waals surface area contributed by atoms with Gasteiger partial charge in [-0.05, 0) is 44.0 Å². The zero-order valence-corrected chi connectivity index (χ0v) is 17.9. The Kier molecular flexibility index (Phi) is 5.98. The second kappa shape index (κ2) is 9.01. The molecular weight excluding hydrogens is 413 g/mol. The molecule has 9 heteroatoms. The van der Waals surface area contributed by atoms with E-state index in [9.17, 15) is 9.18 Å². The third kappa shape index (κ3) is 4.66. The number of halogens is 1. The molecule has 8 nitrogen and oxygen atoms in total. The standard InChI is InChI=1S/C23H22FN5O3/c1-14-8-9-15(2)20(10-14)31-12-18-16(3)32-28-21(18)22(30)26-23-25-13-29(27-23)11-17-6-4-5-7-19(17)24/h4-10,13H,11-12H2,1-3H3,(H,26,27,30). The van der Waals surface area contributed by atoms with Crippen LogP contribution in [0.15, 0.2) is 53.3 Å². The van der Waals surface area contributed by atoms with E-state index < -0.39 is 5.91 Å². The maximum atomic E-state index is 13.8. The fourth-order valence-electron chi connectivity index (χ4n) is 3.14. The van der Waals surface area contributed by atoms with Crippen LogP contribution in [0.1, 0.15) is 38.5 Å². The minimum absolute atomic E-state index is 0.0772. The Morgan fingerprint density at radius 3 is 2.81 bits per heavy atom. The molecule has 2 aromatic carbocycles. The first-order valence-electron chi connectivity index (χ1n) is 10.00. The van der Waals surface area contributed by atoms with E-state index in [1.807, 2.05) is 32.0 Å². The third-order valence-electron chi connectivity index (χ3n) is 4.97. The minimum atomic E-state index is -0.523. The molecule has 0 fully saturated rings. The molecule has 1 N–H and O–H groups in total. The van der Waals surface area contributed by atoms with E-state index in [1.165, 1.54) is 17.1 Å². The lowest BCUT2D eigenvalue weighted by atomic mass is 10.1. The molecule has 0 atom stereocenters. The van der Waals surface area contributed by atoms with Gasteiger partial charge in [-0.15, -0.1) is 5.10 Å². The van der Waals surface area contributed by atoms with E-state index in [-0.39, 0.29) is 30.6 Å². The largest absolute Gasteiger partial charge is 0.488 e. The maximum Gasteiger partial charge on any atom is 0.280 e. The number of anilines is 1. The van der Waals surface area contributed by atoms with Gasteiger partial charge in [0, 0.05) is 5.56 Å². The lowest BCUT2D eigenvalue weighted by Crippen LogP contribution is -2.16. The van der Waals surface area contributed by atoms with E-state index in [1.54, 1.807) is 25.1 Å². The first kappa shape index (κ1) is 21.2. The third-order valence-corrected chi connectivity index (χ3v) is 4.97. The molecule has 0 radical (unpaired) electrons. The van der Waals surface area contributed by atoms with Crippen molar-refractivity contribution in [2.24, 2.45) is 0 Å². The van der Waals surface area contributed by atoms with Crippen LogP contribution in [0, 0.1) is 26.6 Å². The van der Waals surface area contributed by atoms with Crippen molar-refractivity contribution in [2.75, 3.05) is 5.32 Å². The summed E-state index contributed by atoms with van der Waals surface area (Å²) in [4.78, 5) is 16.8. The second-order valence-corrected chi connectivity index (χ2v) is 7.43. The van der Waals surface area contributed by atoms with E-state index in [0.29, 0.717) is 16.9 Å². The second-order valence-electron chi connectivity index (χ2n) is 7.43. The molecule has 0 bridgehead atoms. The summed E-state index contributed by atoms with van der Waals surface area (Å²) in [5, 5.41) is 10.6. The van der Waals surface area contributed by atoms with Crippen molar-refractivity contribution in [3.8, 4) is 5.75 Å². The summed E-state index contributed by atoms with van der Waals surface area (Å²) in [6.07, 6.45) is 1.42. The summed E-state index contributed by atoms with van der Waals surface area (Å²) in [7, 11) is 0. The summed E-state index contributed by atoms with van der Waals surface area (Å²) in [6, 6.07) is 12.3. The van der Waals surface area contributed by atoms with E-state index in [0.717, 1.165) is 16.9 Å². The van der Waals surface area contributed by atoms with E-state index in [4.69, 9.17) is 9.26 Å². The van der Waals surface area contributed by atoms with Gasteiger partial charge in [-0.2, -0.15) is 0 Å². The number of aromatic nitrogens is 4. The van der Waals surface area contributed by atoms with Gasteiger partial charge < -0.3 is 9.26 Å². The lowest BCUT2D eigenvalue weighted by Gasteiger charge is -2.10. The summed E-state index contributed by atoms with van der Waals surface area (Å²) < 4.78 is 26.4. The average Bonchev–Trinajstić information content (AvgIpc) is 3.36. The molecule has 0 aliphatic heterocycles. The van der Waals surface area contributed by atoms with E-state index >= 15 is 0 Å². The van der Waals surface area contributed by atoms with Crippen LogP contribution in [-0.2, 0) is 13.2 Å². The monoisotopic (exact) mass is 435 g/mol. The van der Waals surface area contributed by atoms with Gasteiger partial charge in [0.05, 0.1) is 12.1 Å². The van der Waals surface area contributed by atoms with Crippen LogP contribution in [0.5, 0.6) is 5.75 Å². The average molecular weight is 435 g/mol. The number of amides is 1. The molecule has 0 unspecified atom stereocenters. The van der Waals surface area contributed by atoms with Crippen molar-refractivity contribution in [2.45, 2.75) is 33.9 Å². The fourth-order valence-corrected chi connectivity index (χ4v) is 3.14. The quantitative estimate of drug-likeness (QED) is 0.467. The summed E-state index contributed by atoms with van der Waals surface area (Å²) in [5.74, 6) is 0.433. The van der Waals surface area contributed by atoms with Crippen LogP contribution in [0.25, 0.3) is 0 Å². The summed E-state index contributed by atoms with van der Waals surface area (Å²) >= 11 is 0. The number of hydrogen-bond acceptors (Lipinski definition) is 6. The van der Waals surface area contributed by atoms with Crippen LogP contribution in [-0.4, -0.2) is 25.8 Å². The Morgan fingerprint density at radius 1 is 1.19 bits per heavy atom. The van der Waals surface area contributed by atoms with Crippen LogP contribution in [0.3, 0.4) is 0 Å². The Labute approximate surface area is 184 Å². The molecule has 0 saturated carbocycles. The van der Waals surface area contributed by atoms with Crippen LogP contribution >= 0.6 is 0 Å². The predicted molar refractivity (Wildman–Crippen MR) is 115 cm³/mol. The number of ether oxygens (including phenoxy) is 1. The first-order chi connectivity index (χ1) is 15.4. The highest BCUT2D eigenvalue weighted by atomic mass is 19.1. The lowest BCUT2D eigenvalue weighted by molar-refractivity contribution is 0.101. The number of carbonyl (C=O) groups is 1. The van der Waals surface area contributed by atoms with Gasteiger partial charge >= 0.3 is 0 Å². The summed E-state index contributed by atoms with van der Waals surface area (Å²) in [6.45, 7) is 5.96. The fraction of sp³-hybridized carbons (Fsp3) is 0.217. The Balaban J connectivity index is 1.45. The number of nitrogens with one attached hydrogen (secondary N) is 1. The van der Waals surface area contributed by atoms with Gasteiger partial charge in [0.2, 0.25) is 5.95 Å². The maximum absolute atomic E-state index is 13.8. The number of carbonyl (C=O) groups excluding carboxylic acids is 1. The number of nitrogens with zero attached hydrogens (tertiary/aromatic N) is 4. The molecular formula is C23H22FN5O3. The molecule has 164 valence electrons. The van der Waals surface area contributed by atoms with Gasteiger partial charge in [-0.1, -0.05) is 35.5 Å². The van der Waals surface area contributed by atoms with Crippen molar-refractivity contribution in [3.05, 3.63) is 88.3 Å². The van der Waals surface area contributed by atoms with Crippen molar-refractivity contribution in [1.29, 1.82) is 0 Å². The van der Waals surface area contributed by atoms with Crippen LogP contribution < -0.4 is 10.1 Å². The van der Waals surface area contributed by atoms with Crippen LogP contribution in [0.4, 0.5) is 10.3 Å². The SMILES string of the molecule is Cc1ccc(C)c(OCc2c(C(=O)Nc3ncn(Cc4ccccc4F)n3)noc2C)c1. The number of aryl methyl sites for hydroxylation is 3. The Hall–Kier alpha value is -4.01. The molecule has 0 aliphatic rings. The van der Waals surface area contributed by atoms with Crippen molar-refractivity contribution >= 4 is 11.9 Å². The van der Waals surface area contributed by atoms with Gasteiger partial charge in [0.15, 0.2) is 5.69 Å². The van der Waals surface area contributed by atoms with Gasteiger partial charge in [0.25, 0.3) is 5.91 Å². The molecule has 1 amide bonds. The molecule has 32 heavy (non-hydrogen) atoms. The highest BCUT2D eigenvalue weighted by Gasteiger charge is 2.22. The smallest absolute Gasteiger partial charge is 0.280 e. The number of benzene rings is 2. The Bertz CT molecular complexity index is 1260.